The van der Waals surface area contributed by atoms with Crippen molar-refractivity contribution in [3.05, 3.63) is 53.7 Å². The maximum absolute atomic E-state index is 12.6. The van der Waals surface area contributed by atoms with Crippen LogP contribution in [0, 0.1) is 5.92 Å². The molecule has 0 radical (unpaired) electrons. The number of carbonyl (C=O) groups excluding carboxylic acids is 1. The molecule has 0 saturated carbocycles. The quantitative estimate of drug-likeness (QED) is 0.871. The number of hydrogen-bond donors (Lipinski definition) is 1. The number of pyridine rings is 1. The highest BCUT2D eigenvalue weighted by atomic mass is 19.4. The zero-order chi connectivity index (χ0) is 17.7. The standard InChI is InChI=1S/C18H19F3N2O/c1-12(2)9-10-22-17(24)14-5-8-16(23-11-14)13-3-6-15(7-4-13)18(19,20)21/h3-8,11-12H,9-10H2,1-2H3,(H,22,24). The minimum atomic E-state index is -4.36. The SMILES string of the molecule is CC(C)CCNC(=O)c1ccc(-c2ccc(C(F)(F)F)cc2)nc1. The molecule has 0 saturated heterocycles. The van der Waals surface area contributed by atoms with Crippen molar-refractivity contribution in [1.82, 2.24) is 10.3 Å². The number of amides is 1. The van der Waals surface area contributed by atoms with E-state index in [0.29, 0.717) is 29.3 Å². The summed E-state index contributed by atoms with van der Waals surface area (Å²) in [6, 6.07) is 8.01. The van der Waals surface area contributed by atoms with Crippen LogP contribution in [-0.4, -0.2) is 17.4 Å². The summed E-state index contributed by atoms with van der Waals surface area (Å²) in [7, 11) is 0. The third-order valence-electron chi connectivity index (χ3n) is 3.54. The molecule has 1 aromatic heterocycles. The molecular formula is C18H19F3N2O. The molecule has 1 N–H and O–H groups in total. The van der Waals surface area contributed by atoms with E-state index >= 15 is 0 Å². The molecule has 128 valence electrons. The van der Waals surface area contributed by atoms with Crippen LogP contribution < -0.4 is 5.32 Å². The molecule has 3 nitrogen and oxygen atoms in total. The van der Waals surface area contributed by atoms with Crippen molar-refractivity contribution in [1.29, 1.82) is 0 Å². The topological polar surface area (TPSA) is 42.0 Å². The first-order valence-corrected chi connectivity index (χ1v) is 7.69. The van der Waals surface area contributed by atoms with Crippen LogP contribution >= 0.6 is 0 Å². The van der Waals surface area contributed by atoms with Gasteiger partial charge in [-0.25, -0.2) is 0 Å². The summed E-state index contributed by atoms with van der Waals surface area (Å²) >= 11 is 0. The summed E-state index contributed by atoms with van der Waals surface area (Å²) in [5.74, 6) is 0.299. The van der Waals surface area contributed by atoms with Crippen molar-refractivity contribution in [2.45, 2.75) is 26.4 Å². The number of carbonyl (C=O) groups is 1. The van der Waals surface area contributed by atoms with E-state index in [1.165, 1.54) is 18.3 Å². The lowest BCUT2D eigenvalue weighted by atomic mass is 10.1. The fraction of sp³-hybridized carbons (Fsp3) is 0.333. The normalized spacial score (nSPS) is 11.6. The molecule has 0 unspecified atom stereocenters. The summed E-state index contributed by atoms with van der Waals surface area (Å²) in [5.41, 5.74) is 0.805. The molecule has 6 heteroatoms. The number of hydrogen-bond acceptors (Lipinski definition) is 2. The van der Waals surface area contributed by atoms with Gasteiger partial charge in [-0.3, -0.25) is 9.78 Å². The largest absolute Gasteiger partial charge is 0.416 e. The number of nitrogens with zero attached hydrogens (tertiary/aromatic N) is 1. The molecule has 0 aliphatic rings. The van der Waals surface area contributed by atoms with Gasteiger partial charge in [0.2, 0.25) is 0 Å². The van der Waals surface area contributed by atoms with Crippen LogP contribution in [0.3, 0.4) is 0 Å². The molecule has 2 rings (SSSR count). The van der Waals surface area contributed by atoms with Crippen LogP contribution in [0.25, 0.3) is 11.3 Å². The number of benzene rings is 1. The fourth-order valence-corrected chi connectivity index (χ4v) is 2.11. The summed E-state index contributed by atoms with van der Waals surface area (Å²) < 4.78 is 37.7. The Bertz CT molecular complexity index is 677. The number of halogens is 3. The second-order valence-corrected chi connectivity index (χ2v) is 5.95. The van der Waals surface area contributed by atoms with Gasteiger partial charge in [0.15, 0.2) is 0 Å². The molecule has 0 spiro atoms. The zero-order valence-electron chi connectivity index (χ0n) is 13.5. The molecule has 0 aliphatic heterocycles. The van der Waals surface area contributed by atoms with Crippen molar-refractivity contribution >= 4 is 5.91 Å². The highest BCUT2D eigenvalue weighted by Gasteiger charge is 2.29. The molecule has 1 aromatic carbocycles. The van der Waals surface area contributed by atoms with E-state index in [4.69, 9.17) is 0 Å². The van der Waals surface area contributed by atoms with Gasteiger partial charge in [-0.05, 0) is 36.6 Å². The predicted octanol–water partition coefficient (Wildman–Crippen LogP) is 4.54. The smallest absolute Gasteiger partial charge is 0.352 e. The Balaban J connectivity index is 2.05. The number of aromatic nitrogens is 1. The molecule has 24 heavy (non-hydrogen) atoms. The van der Waals surface area contributed by atoms with Crippen molar-refractivity contribution in [2.75, 3.05) is 6.54 Å². The van der Waals surface area contributed by atoms with Gasteiger partial charge in [0.05, 0.1) is 16.8 Å². The molecule has 0 bridgehead atoms. The lowest BCUT2D eigenvalue weighted by Gasteiger charge is -2.09. The van der Waals surface area contributed by atoms with Gasteiger partial charge in [-0.1, -0.05) is 26.0 Å². The fourth-order valence-electron chi connectivity index (χ4n) is 2.11. The molecule has 2 aromatic rings. The van der Waals surface area contributed by atoms with E-state index in [2.05, 4.69) is 24.1 Å². The molecular weight excluding hydrogens is 317 g/mol. The third-order valence-corrected chi connectivity index (χ3v) is 3.54. The van der Waals surface area contributed by atoms with Gasteiger partial charge in [0.25, 0.3) is 5.91 Å². The maximum Gasteiger partial charge on any atom is 0.416 e. The number of rotatable bonds is 5. The van der Waals surface area contributed by atoms with Crippen molar-refractivity contribution in [3.8, 4) is 11.3 Å². The van der Waals surface area contributed by atoms with E-state index in [1.807, 2.05) is 0 Å². The molecule has 0 atom stereocenters. The number of alkyl halides is 3. The molecule has 1 heterocycles. The summed E-state index contributed by atoms with van der Waals surface area (Å²) in [4.78, 5) is 16.1. The van der Waals surface area contributed by atoms with Crippen LogP contribution in [0.15, 0.2) is 42.6 Å². The van der Waals surface area contributed by atoms with Crippen LogP contribution in [0.1, 0.15) is 36.2 Å². The summed E-state index contributed by atoms with van der Waals surface area (Å²) in [6.45, 7) is 4.75. The van der Waals surface area contributed by atoms with Crippen LogP contribution in [0.4, 0.5) is 13.2 Å². The van der Waals surface area contributed by atoms with Crippen LogP contribution in [0.5, 0.6) is 0 Å². The maximum atomic E-state index is 12.6. The minimum Gasteiger partial charge on any atom is -0.352 e. The molecule has 1 amide bonds. The van der Waals surface area contributed by atoms with E-state index in [9.17, 15) is 18.0 Å². The van der Waals surface area contributed by atoms with Gasteiger partial charge in [-0.15, -0.1) is 0 Å². The van der Waals surface area contributed by atoms with E-state index in [0.717, 1.165) is 18.6 Å². The average Bonchev–Trinajstić information content (AvgIpc) is 2.54. The average molecular weight is 336 g/mol. The minimum absolute atomic E-state index is 0.206. The first-order valence-electron chi connectivity index (χ1n) is 7.69. The predicted molar refractivity (Wildman–Crippen MR) is 86.5 cm³/mol. The monoisotopic (exact) mass is 336 g/mol. The van der Waals surface area contributed by atoms with E-state index < -0.39 is 11.7 Å². The Morgan fingerprint density at radius 3 is 2.29 bits per heavy atom. The first-order chi connectivity index (χ1) is 11.3. The Morgan fingerprint density at radius 2 is 1.79 bits per heavy atom. The van der Waals surface area contributed by atoms with E-state index in [-0.39, 0.29) is 5.91 Å². The second kappa shape index (κ2) is 7.47. The Morgan fingerprint density at radius 1 is 1.12 bits per heavy atom. The molecule has 0 fully saturated rings. The van der Waals surface area contributed by atoms with Gasteiger partial charge in [0.1, 0.15) is 0 Å². The summed E-state index contributed by atoms with van der Waals surface area (Å²) in [6.07, 6.45) is -2.04. The van der Waals surface area contributed by atoms with Crippen LogP contribution in [0.2, 0.25) is 0 Å². The third kappa shape index (κ3) is 4.81. The van der Waals surface area contributed by atoms with Crippen molar-refractivity contribution in [3.63, 3.8) is 0 Å². The van der Waals surface area contributed by atoms with Crippen LogP contribution in [-0.2, 0) is 6.18 Å². The lowest BCUT2D eigenvalue weighted by molar-refractivity contribution is -0.137. The first kappa shape index (κ1) is 18.0. The molecule has 0 aliphatic carbocycles. The summed E-state index contributed by atoms with van der Waals surface area (Å²) in [5, 5.41) is 2.81. The van der Waals surface area contributed by atoms with Gasteiger partial charge in [0, 0.05) is 18.3 Å². The van der Waals surface area contributed by atoms with Crippen molar-refractivity contribution < 1.29 is 18.0 Å². The number of nitrogens with one attached hydrogen (secondary N) is 1. The van der Waals surface area contributed by atoms with Gasteiger partial charge in [-0.2, -0.15) is 13.2 Å². The van der Waals surface area contributed by atoms with Crippen molar-refractivity contribution in [2.24, 2.45) is 5.92 Å². The van der Waals surface area contributed by atoms with E-state index in [1.54, 1.807) is 12.1 Å². The highest BCUT2D eigenvalue weighted by Crippen LogP contribution is 2.30. The Hall–Kier alpha value is -2.37. The zero-order valence-corrected chi connectivity index (χ0v) is 13.5. The lowest BCUT2D eigenvalue weighted by Crippen LogP contribution is -2.25. The highest BCUT2D eigenvalue weighted by molar-refractivity contribution is 5.94. The van der Waals surface area contributed by atoms with Gasteiger partial charge < -0.3 is 5.32 Å². The second-order valence-electron chi connectivity index (χ2n) is 5.95. The Kier molecular flexibility index (Phi) is 5.59. The van der Waals surface area contributed by atoms with Gasteiger partial charge >= 0.3 is 6.18 Å². The Labute approximate surface area is 138 Å².